The van der Waals surface area contributed by atoms with Crippen molar-refractivity contribution in [2.45, 2.75) is 19.2 Å². The van der Waals surface area contributed by atoms with E-state index in [0.717, 1.165) is 6.92 Å². The van der Waals surface area contributed by atoms with Gasteiger partial charge in [0.05, 0.1) is 5.92 Å². The minimum Gasteiger partial charge on any atom is -0.481 e. The maximum Gasteiger partial charge on any atom is 0.415 e. The second-order valence-electron chi connectivity index (χ2n) is 2.11. The fraction of sp³-hybridized carbons (Fsp3) is 0.800. The highest BCUT2D eigenvalue weighted by Crippen LogP contribution is 2.25. The molecular weight excluding hydrogens is 165 g/mol. The van der Waals surface area contributed by atoms with Crippen LogP contribution in [0.4, 0.5) is 13.2 Å². The SMILES string of the molecule is C[C@@H](C(=O)O)[C@H](O)C(F)(F)F. The first-order valence-corrected chi connectivity index (χ1v) is 2.74. The zero-order chi connectivity index (χ0) is 9.23. The maximum atomic E-state index is 11.5. The Morgan fingerprint density at radius 3 is 1.91 bits per heavy atom. The molecule has 0 rings (SSSR count). The molecular formula is C5H7F3O3. The molecule has 6 heteroatoms. The van der Waals surface area contributed by atoms with E-state index in [4.69, 9.17) is 10.2 Å². The number of carboxylic acids is 1. The maximum absolute atomic E-state index is 11.5. The van der Waals surface area contributed by atoms with Gasteiger partial charge in [0.2, 0.25) is 0 Å². The zero-order valence-electron chi connectivity index (χ0n) is 5.59. The Hall–Kier alpha value is -0.780. The summed E-state index contributed by atoms with van der Waals surface area (Å²) in [5.74, 6) is -3.50. The number of aliphatic hydroxyl groups excluding tert-OH is 1. The van der Waals surface area contributed by atoms with Gasteiger partial charge in [0.1, 0.15) is 0 Å². The third-order valence-corrected chi connectivity index (χ3v) is 1.20. The van der Waals surface area contributed by atoms with Crippen LogP contribution in [0.5, 0.6) is 0 Å². The highest BCUT2D eigenvalue weighted by molar-refractivity contribution is 5.70. The number of hydrogen-bond acceptors (Lipinski definition) is 2. The van der Waals surface area contributed by atoms with Crippen LogP contribution in [0, 0.1) is 5.92 Å². The van der Waals surface area contributed by atoms with Crippen LogP contribution in [0.2, 0.25) is 0 Å². The fourth-order valence-electron chi connectivity index (χ4n) is 0.419. The summed E-state index contributed by atoms with van der Waals surface area (Å²) in [5.41, 5.74) is 0. The van der Waals surface area contributed by atoms with Gasteiger partial charge in [-0.1, -0.05) is 0 Å². The normalized spacial score (nSPS) is 17.5. The largest absolute Gasteiger partial charge is 0.481 e. The number of aliphatic carboxylic acids is 1. The van der Waals surface area contributed by atoms with Crippen LogP contribution in [-0.4, -0.2) is 28.5 Å². The van der Waals surface area contributed by atoms with E-state index in [1.54, 1.807) is 0 Å². The lowest BCUT2D eigenvalue weighted by molar-refractivity contribution is -0.221. The molecule has 0 aliphatic rings. The van der Waals surface area contributed by atoms with Crippen LogP contribution in [0.25, 0.3) is 0 Å². The number of carbonyl (C=O) groups is 1. The van der Waals surface area contributed by atoms with Crippen molar-refractivity contribution in [2.75, 3.05) is 0 Å². The smallest absolute Gasteiger partial charge is 0.415 e. The minimum atomic E-state index is -4.86. The van der Waals surface area contributed by atoms with Gasteiger partial charge in [0.15, 0.2) is 6.10 Å². The Morgan fingerprint density at radius 1 is 1.45 bits per heavy atom. The van der Waals surface area contributed by atoms with Gasteiger partial charge >= 0.3 is 12.1 Å². The molecule has 66 valence electrons. The molecule has 0 fully saturated rings. The number of rotatable bonds is 2. The Labute approximate surface area is 60.4 Å². The first-order chi connectivity index (χ1) is 4.76. The van der Waals surface area contributed by atoms with Crippen molar-refractivity contribution in [1.82, 2.24) is 0 Å². The van der Waals surface area contributed by atoms with Crippen LogP contribution in [-0.2, 0) is 4.79 Å². The lowest BCUT2D eigenvalue weighted by Crippen LogP contribution is -2.38. The van der Waals surface area contributed by atoms with Gasteiger partial charge in [-0.15, -0.1) is 0 Å². The molecule has 0 aromatic carbocycles. The van der Waals surface area contributed by atoms with Gasteiger partial charge in [-0.3, -0.25) is 4.79 Å². The molecule has 0 amide bonds. The lowest BCUT2D eigenvalue weighted by Gasteiger charge is -2.17. The molecule has 11 heavy (non-hydrogen) atoms. The Kier molecular flexibility index (Phi) is 2.86. The number of alkyl halides is 3. The van der Waals surface area contributed by atoms with E-state index in [1.807, 2.05) is 0 Å². The number of aliphatic hydroxyl groups is 1. The second kappa shape index (κ2) is 3.08. The molecule has 0 bridgehead atoms. The summed E-state index contributed by atoms with van der Waals surface area (Å²) in [6.07, 6.45) is -7.65. The molecule has 3 nitrogen and oxygen atoms in total. The van der Waals surface area contributed by atoms with E-state index in [1.165, 1.54) is 0 Å². The summed E-state index contributed by atoms with van der Waals surface area (Å²) in [7, 11) is 0. The standard InChI is InChI=1S/C5H7F3O3/c1-2(4(10)11)3(9)5(6,7)8/h2-3,9H,1H3,(H,10,11)/t2-,3+/m1/s1. The Balaban J connectivity index is 4.25. The summed E-state index contributed by atoms with van der Waals surface area (Å²) in [6.45, 7) is 0.792. The molecule has 2 N–H and O–H groups in total. The molecule has 0 unspecified atom stereocenters. The number of hydrogen-bond donors (Lipinski definition) is 2. The molecule has 0 aliphatic carbocycles. The van der Waals surface area contributed by atoms with Crippen LogP contribution >= 0.6 is 0 Å². The third kappa shape index (κ3) is 2.75. The summed E-state index contributed by atoms with van der Waals surface area (Å²) in [6, 6.07) is 0. The van der Waals surface area contributed by atoms with Gasteiger partial charge in [0.25, 0.3) is 0 Å². The molecule has 0 saturated heterocycles. The van der Waals surface area contributed by atoms with Crippen molar-refractivity contribution in [3.8, 4) is 0 Å². The molecule has 0 saturated carbocycles. The van der Waals surface area contributed by atoms with Gasteiger partial charge in [0, 0.05) is 0 Å². The summed E-state index contributed by atoms with van der Waals surface area (Å²) >= 11 is 0. The third-order valence-electron chi connectivity index (χ3n) is 1.20. The van der Waals surface area contributed by atoms with E-state index in [-0.39, 0.29) is 0 Å². The summed E-state index contributed by atoms with van der Waals surface area (Å²) in [5, 5.41) is 16.4. The average molecular weight is 172 g/mol. The van der Waals surface area contributed by atoms with Gasteiger partial charge < -0.3 is 10.2 Å². The molecule has 0 aliphatic heterocycles. The number of halogens is 3. The van der Waals surface area contributed by atoms with E-state index < -0.39 is 24.2 Å². The first-order valence-electron chi connectivity index (χ1n) is 2.74. The molecule has 0 spiro atoms. The van der Waals surface area contributed by atoms with Crippen LogP contribution < -0.4 is 0 Å². The van der Waals surface area contributed by atoms with Crippen molar-refractivity contribution in [3.05, 3.63) is 0 Å². The minimum absolute atomic E-state index is 0.792. The predicted molar refractivity (Wildman–Crippen MR) is 28.9 cm³/mol. The van der Waals surface area contributed by atoms with E-state index >= 15 is 0 Å². The van der Waals surface area contributed by atoms with Gasteiger partial charge in [-0.25, -0.2) is 0 Å². The van der Waals surface area contributed by atoms with Crippen molar-refractivity contribution >= 4 is 5.97 Å². The quantitative estimate of drug-likeness (QED) is 0.642. The molecule has 0 heterocycles. The van der Waals surface area contributed by atoms with Crippen molar-refractivity contribution in [3.63, 3.8) is 0 Å². The summed E-state index contributed by atoms with van der Waals surface area (Å²) in [4.78, 5) is 9.93. The summed E-state index contributed by atoms with van der Waals surface area (Å²) < 4.78 is 34.6. The molecule has 0 aromatic rings. The van der Waals surface area contributed by atoms with Crippen molar-refractivity contribution < 1.29 is 28.2 Å². The van der Waals surface area contributed by atoms with Crippen LogP contribution in [0.15, 0.2) is 0 Å². The zero-order valence-corrected chi connectivity index (χ0v) is 5.59. The van der Waals surface area contributed by atoms with Crippen molar-refractivity contribution in [2.24, 2.45) is 5.92 Å². The fourth-order valence-corrected chi connectivity index (χ4v) is 0.419. The van der Waals surface area contributed by atoms with Crippen molar-refractivity contribution in [1.29, 1.82) is 0 Å². The lowest BCUT2D eigenvalue weighted by atomic mass is 10.1. The first kappa shape index (κ1) is 10.2. The average Bonchev–Trinajstić information content (AvgIpc) is 1.82. The topological polar surface area (TPSA) is 57.5 Å². The van der Waals surface area contributed by atoms with Gasteiger partial charge in [-0.05, 0) is 6.92 Å². The predicted octanol–water partition coefficient (Wildman–Crippen LogP) is 0.630. The van der Waals surface area contributed by atoms with Crippen LogP contribution in [0.3, 0.4) is 0 Å². The molecule has 0 aromatic heterocycles. The highest BCUT2D eigenvalue weighted by Gasteiger charge is 2.44. The van der Waals surface area contributed by atoms with Gasteiger partial charge in [-0.2, -0.15) is 13.2 Å². The number of carboxylic acid groups (broad SMARTS) is 1. The molecule has 2 atom stereocenters. The molecule has 0 radical (unpaired) electrons. The highest BCUT2D eigenvalue weighted by atomic mass is 19.4. The second-order valence-corrected chi connectivity index (χ2v) is 2.11. The Bertz CT molecular complexity index is 154. The Morgan fingerprint density at radius 2 is 1.82 bits per heavy atom. The van der Waals surface area contributed by atoms with E-state index in [0.29, 0.717) is 0 Å². The monoisotopic (exact) mass is 172 g/mol. The van der Waals surface area contributed by atoms with Crippen LogP contribution in [0.1, 0.15) is 6.92 Å². The van der Waals surface area contributed by atoms with E-state index in [2.05, 4.69) is 0 Å². The van der Waals surface area contributed by atoms with E-state index in [9.17, 15) is 18.0 Å².